The lowest BCUT2D eigenvalue weighted by atomic mass is 10.1. The summed E-state index contributed by atoms with van der Waals surface area (Å²) in [6.45, 7) is 4.80. The van der Waals surface area contributed by atoms with Crippen LogP contribution in [0.2, 0.25) is 0 Å². The summed E-state index contributed by atoms with van der Waals surface area (Å²) in [5.74, 6) is 0.247. The lowest BCUT2D eigenvalue weighted by Gasteiger charge is -1.98. The predicted molar refractivity (Wildman–Crippen MR) is 67.8 cm³/mol. The van der Waals surface area contributed by atoms with Crippen molar-refractivity contribution in [1.82, 2.24) is 15.0 Å². The van der Waals surface area contributed by atoms with E-state index in [1.54, 1.807) is 6.92 Å². The highest BCUT2D eigenvalue weighted by molar-refractivity contribution is 5.75. The number of carbonyl (C=O) groups excluding carboxylic acids is 1. The number of aromatic nitrogens is 3. The number of ketones is 1. The number of aryl methyl sites for hydroxylation is 2. The van der Waals surface area contributed by atoms with Crippen LogP contribution in [-0.2, 0) is 17.8 Å². The predicted octanol–water partition coefficient (Wildman–Crippen LogP) is 2.77. The first-order valence-corrected chi connectivity index (χ1v) is 6.61. The second-order valence-corrected chi connectivity index (χ2v) is 4.59. The van der Waals surface area contributed by atoms with Crippen molar-refractivity contribution < 1.29 is 4.79 Å². The van der Waals surface area contributed by atoms with Gasteiger partial charge in [-0.2, -0.15) is 0 Å². The van der Waals surface area contributed by atoms with Crippen LogP contribution in [-0.4, -0.2) is 20.8 Å². The van der Waals surface area contributed by atoms with E-state index in [2.05, 4.69) is 17.2 Å². The Morgan fingerprint density at radius 3 is 2.82 bits per heavy atom. The highest BCUT2D eigenvalue weighted by atomic mass is 16.1. The average molecular weight is 237 g/mol. The van der Waals surface area contributed by atoms with E-state index >= 15 is 0 Å². The van der Waals surface area contributed by atoms with Gasteiger partial charge in [-0.1, -0.05) is 31.4 Å². The zero-order valence-electron chi connectivity index (χ0n) is 11.0. The van der Waals surface area contributed by atoms with Crippen molar-refractivity contribution in [3.8, 4) is 0 Å². The summed E-state index contributed by atoms with van der Waals surface area (Å²) in [6.07, 6.45) is 9.36. The molecule has 0 fully saturated rings. The lowest BCUT2D eigenvalue weighted by molar-refractivity contribution is -0.117. The van der Waals surface area contributed by atoms with E-state index in [4.69, 9.17) is 0 Å². The summed E-state index contributed by atoms with van der Waals surface area (Å²) < 4.78 is 1.92. The fourth-order valence-corrected chi connectivity index (χ4v) is 1.78. The third kappa shape index (κ3) is 6.19. The molecule has 1 rings (SSSR count). The number of carbonyl (C=O) groups is 1. The van der Waals surface area contributed by atoms with Crippen LogP contribution >= 0.6 is 0 Å². The molecule has 0 radical (unpaired) electrons. The molecule has 4 nitrogen and oxygen atoms in total. The molecule has 17 heavy (non-hydrogen) atoms. The van der Waals surface area contributed by atoms with Crippen LogP contribution in [0.5, 0.6) is 0 Å². The van der Waals surface area contributed by atoms with Gasteiger partial charge in [0, 0.05) is 19.2 Å². The van der Waals surface area contributed by atoms with E-state index in [0.717, 1.165) is 25.1 Å². The Balaban J connectivity index is 2.20. The SMILES string of the molecule is CCCCCCn1cc(CCCC(C)=O)nn1. The minimum Gasteiger partial charge on any atom is -0.300 e. The van der Waals surface area contributed by atoms with Crippen molar-refractivity contribution >= 4 is 5.78 Å². The minimum absolute atomic E-state index is 0.247. The maximum atomic E-state index is 10.8. The molecular weight excluding hydrogens is 214 g/mol. The normalized spacial score (nSPS) is 10.7. The molecule has 0 unspecified atom stereocenters. The maximum Gasteiger partial charge on any atom is 0.129 e. The zero-order valence-corrected chi connectivity index (χ0v) is 11.0. The Morgan fingerprint density at radius 1 is 1.29 bits per heavy atom. The Hall–Kier alpha value is -1.19. The highest BCUT2D eigenvalue weighted by Gasteiger charge is 2.01. The number of nitrogens with zero attached hydrogens (tertiary/aromatic N) is 3. The first-order valence-electron chi connectivity index (χ1n) is 6.61. The molecule has 96 valence electrons. The van der Waals surface area contributed by atoms with Gasteiger partial charge in [-0.05, 0) is 26.2 Å². The standard InChI is InChI=1S/C13H23N3O/c1-3-4-5-6-10-16-11-13(14-15-16)9-7-8-12(2)17/h11H,3-10H2,1-2H3. The topological polar surface area (TPSA) is 47.8 Å². The molecule has 1 heterocycles. The Morgan fingerprint density at radius 2 is 2.12 bits per heavy atom. The molecule has 0 amide bonds. The van der Waals surface area contributed by atoms with Crippen molar-refractivity contribution in [2.24, 2.45) is 0 Å². The van der Waals surface area contributed by atoms with Crippen LogP contribution in [0, 0.1) is 0 Å². The van der Waals surface area contributed by atoms with Gasteiger partial charge in [0.15, 0.2) is 0 Å². The molecule has 0 atom stereocenters. The van der Waals surface area contributed by atoms with Crippen LogP contribution in [0.3, 0.4) is 0 Å². The van der Waals surface area contributed by atoms with Crippen LogP contribution in [0.4, 0.5) is 0 Å². The first kappa shape index (κ1) is 13.9. The molecule has 0 bridgehead atoms. The molecule has 0 aliphatic carbocycles. The van der Waals surface area contributed by atoms with Gasteiger partial charge in [-0.15, -0.1) is 5.10 Å². The first-order chi connectivity index (χ1) is 8.22. The quantitative estimate of drug-likeness (QED) is 0.620. The Kier molecular flexibility index (Phi) is 6.51. The van der Waals surface area contributed by atoms with Gasteiger partial charge >= 0.3 is 0 Å². The van der Waals surface area contributed by atoms with Crippen molar-refractivity contribution in [3.63, 3.8) is 0 Å². The smallest absolute Gasteiger partial charge is 0.129 e. The monoisotopic (exact) mass is 237 g/mol. The molecular formula is C13H23N3O. The summed E-state index contributed by atoms with van der Waals surface area (Å²) in [5.41, 5.74) is 1.00. The molecule has 1 aromatic heterocycles. The summed E-state index contributed by atoms with van der Waals surface area (Å²) in [7, 11) is 0. The van der Waals surface area contributed by atoms with Gasteiger partial charge in [0.25, 0.3) is 0 Å². The minimum atomic E-state index is 0.247. The lowest BCUT2D eigenvalue weighted by Crippen LogP contribution is -1.98. The fraction of sp³-hybridized carbons (Fsp3) is 0.769. The summed E-state index contributed by atoms with van der Waals surface area (Å²) in [6, 6.07) is 0. The summed E-state index contributed by atoms with van der Waals surface area (Å²) in [5, 5.41) is 8.21. The van der Waals surface area contributed by atoms with Gasteiger partial charge in [0.1, 0.15) is 5.78 Å². The van der Waals surface area contributed by atoms with Crippen LogP contribution in [0.15, 0.2) is 6.20 Å². The largest absolute Gasteiger partial charge is 0.300 e. The van der Waals surface area contributed by atoms with E-state index in [-0.39, 0.29) is 5.78 Å². The molecule has 1 aromatic rings. The van der Waals surface area contributed by atoms with E-state index in [0.29, 0.717) is 6.42 Å². The van der Waals surface area contributed by atoms with Gasteiger partial charge < -0.3 is 4.79 Å². The van der Waals surface area contributed by atoms with Crippen molar-refractivity contribution in [2.75, 3.05) is 0 Å². The van der Waals surface area contributed by atoms with Crippen molar-refractivity contribution in [1.29, 1.82) is 0 Å². The van der Waals surface area contributed by atoms with Crippen molar-refractivity contribution in [2.45, 2.75) is 65.3 Å². The molecule has 0 saturated heterocycles. The molecule has 0 aromatic carbocycles. The Bertz CT molecular complexity index is 333. The number of rotatable bonds is 9. The second kappa shape index (κ2) is 7.98. The van der Waals surface area contributed by atoms with Crippen LogP contribution < -0.4 is 0 Å². The second-order valence-electron chi connectivity index (χ2n) is 4.59. The van der Waals surface area contributed by atoms with E-state index in [9.17, 15) is 4.79 Å². The molecule has 0 aliphatic rings. The number of Topliss-reactive ketones (excluding diaryl/α,β-unsaturated/α-hetero) is 1. The van der Waals surface area contributed by atoms with E-state index < -0.39 is 0 Å². The summed E-state index contributed by atoms with van der Waals surface area (Å²) in [4.78, 5) is 10.8. The molecule has 0 N–H and O–H groups in total. The van der Waals surface area contributed by atoms with Gasteiger partial charge in [0.2, 0.25) is 0 Å². The number of hydrogen-bond donors (Lipinski definition) is 0. The maximum absolute atomic E-state index is 10.8. The van der Waals surface area contributed by atoms with Crippen LogP contribution in [0.1, 0.15) is 58.1 Å². The zero-order chi connectivity index (χ0) is 12.5. The van der Waals surface area contributed by atoms with Gasteiger partial charge in [-0.3, -0.25) is 4.68 Å². The van der Waals surface area contributed by atoms with Gasteiger partial charge in [0.05, 0.1) is 5.69 Å². The third-order valence-corrected chi connectivity index (χ3v) is 2.79. The van der Waals surface area contributed by atoms with E-state index in [1.165, 1.54) is 25.7 Å². The van der Waals surface area contributed by atoms with Crippen molar-refractivity contribution in [3.05, 3.63) is 11.9 Å². The van der Waals surface area contributed by atoms with Crippen LogP contribution in [0.25, 0.3) is 0 Å². The Labute approximate surface area is 103 Å². The molecule has 4 heteroatoms. The number of hydrogen-bond acceptors (Lipinski definition) is 3. The molecule has 0 saturated carbocycles. The van der Waals surface area contributed by atoms with Gasteiger partial charge in [-0.25, -0.2) is 0 Å². The van der Waals surface area contributed by atoms with E-state index in [1.807, 2.05) is 10.9 Å². The molecule has 0 spiro atoms. The third-order valence-electron chi connectivity index (χ3n) is 2.79. The highest BCUT2D eigenvalue weighted by Crippen LogP contribution is 2.04. The average Bonchev–Trinajstić information content (AvgIpc) is 2.72. The summed E-state index contributed by atoms with van der Waals surface area (Å²) >= 11 is 0. The molecule has 0 aliphatic heterocycles. The fourth-order valence-electron chi connectivity index (χ4n) is 1.78. The number of unbranched alkanes of at least 4 members (excludes halogenated alkanes) is 3.